The third-order valence-electron chi connectivity index (χ3n) is 4.02. The molecular formula is C30H42O4. The molecule has 0 unspecified atom stereocenters. The number of carbonyl (C=O) groups is 1. The zero-order valence-corrected chi connectivity index (χ0v) is 21.9. The second kappa shape index (κ2) is 18.0. The van der Waals surface area contributed by atoms with Crippen molar-refractivity contribution in [2.45, 2.75) is 53.1 Å². The van der Waals surface area contributed by atoms with Gasteiger partial charge in [-0.05, 0) is 61.3 Å². The number of rotatable bonds is 15. The monoisotopic (exact) mass is 466 g/mol. The first-order valence-electron chi connectivity index (χ1n) is 11.2. The van der Waals surface area contributed by atoms with E-state index in [2.05, 4.69) is 46.4 Å². The van der Waals surface area contributed by atoms with Crippen molar-refractivity contribution in [3.8, 4) is 0 Å². The summed E-state index contributed by atoms with van der Waals surface area (Å²) in [5.41, 5.74) is 1.61. The van der Waals surface area contributed by atoms with Gasteiger partial charge in [0.25, 0.3) is 0 Å². The van der Waals surface area contributed by atoms with Gasteiger partial charge in [0, 0.05) is 6.08 Å². The molecule has 0 bridgehead atoms. The van der Waals surface area contributed by atoms with Gasteiger partial charge in [0.05, 0.1) is 7.11 Å². The van der Waals surface area contributed by atoms with Gasteiger partial charge in [-0.25, -0.2) is 4.79 Å². The summed E-state index contributed by atoms with van der Waals surface area (Å²) < 4.78 is 15.9. The summed E-state index contributed by atoms with van der Waals surface area (Å²) in [4.78, 5) is 11.9. The van der Waals surface area contributed by atoms with E-state index < -0.39 is 5.97 Å². The van der Waals surface area contributed by atoms with Gasteiger partial charge in [0.15, 0.2) is 0 Å². The van der Waals surface area contributed by atoms with Gasteiger partial charge >= 0.3 is 5.97 Å². The largest absolute Gasteiger partial charge is 0.497 e. The molecule has 0 heterocycles. The van der Waals surface area contributed by atoms with Crippen LogP contribution in [0, 0.1) is 0 Å². The Hall–Kier alpha value is -3.53. The predicted octanol–water partition coefficient (Wildman–Crippen LogP) is 8.23. The molecule has 34 heavy (non-hydrogen) atoms. The van der Waals surface area contributed by atoms with E-state index in [1.54, 1.807) is 36.5 Å². The molecule has 0 fully saturated rings. The van der Waals surface area contributed by atoms with E-state index in [0.717, 1.165) is 12.8 Å². The number of esters is 1. The fourth-order valence-corrected chi connectivity index (χ4v) is 2.34. The molecule has 0 saturated carbocycles. The third-order valence-corrected chi connectivity index (χ3v) is 4.02. The van der Waals surface area contributed by atoms with Crippen molar-refractivity contribution in [1.82, 2.24) is 0 Å². The molecule has 0 atom stereocenters. The van der Waals surface area contributed by atoms with E-state index >= 15 is 0 Å². The van der Waals surface area contributed by atoms with Crippen molar-refractivity contribution >= 4 is 5.97 Å². The first-order chi connectivity index (χ1) is 15.9. The van der Waals surface area contributed by atoms with Crippen molar-refractivity contribution in [2.24, 2.45) is 0 Å². The topological polar surface area (TPSA) is 44.8 Å². The minimum Gasteiger partial charge on any atom is -0.497 e. The van der Waals surface area contributed by atoms with Crippen molar-refractivity contribution < 1.29 is 19.0 Å². The van der Waals surface area contributed by atoms with Crippen LogP contribution >= 0.6 is 0 Å². The quantitative estimate of drug-likeness (QED) is 0.105. The maximum atomic E-state index is 11.9. The first kappa shape index (κ1) is 32.6. The highest BCUT2D eigenvalue weighted by atomic mass is 16.5. The number of hydrogen-bond donors (Lipinski definition) is 0. The number of carbonyl (C=O) groups excluding carboxylic acids is 1. The molecule has 4 heteroatoms. The van der Waals surface area contributed by atoms with Crippen molar-refractivity contribution in [1.29, 1.82) is 0 Å². The fourth-order valence-electron chi connectivity index (χ4n) is 2.34. The van der Waals surface area contributed by atoms with E-state index in [-0.39, 0.29) is 11.4 Å². The van der Waals surface area contributed by atoms with Crippen LogP contribution in [0.15, 0.2) is 122 Å². The minimum atomic E-state index is -0.577. The SMILES string of the molecule is C=C(/C=C\C(=C)OC)/C=C/C(=O)OC(=C)/C=C\C(=C)C(=C)/C=C\C(=C)OC(C)(C)CCC.CC. The van der Waals surface area contributed by atoms with Gasteiger partial charge in [-0.15, -0.1) is 0 Å². The lowest BCUT2D eigenvalue weighted by atomic mass is 10.0. The normalized spacial score (nSPS) is 11.2. The number of ether oxygens (including phenoxy) is 3. The van der Waals surface area contributed by atoms with Crippen molar-refractivity contribution in [3.05, 3.63) is 122 Å². The van der Waals surface area contributed by atoms with Crippen molar-refractivity contribution in [2.75, 3.05) is 7.11 Å². The summed E-state index contributed by atoms with van der Waals surface area (Å²) in [6.07, 6.45) is 14.8. The Balaban J connectivity index is 0. The molecule has 4 nitrogen and oxygen atoms in total. The molecule has 0 aromatic carbocycles. The van der Waals surface area contributed by atoms with Crippen LogP contribution in [0.1, 0.15) is 47.5 Å². The van der Waals surface area contributed by atoms with Gasteiger partial charge in [0.1, 0.15) is 22.9 Å². The van der Waals surface area contributed by atoms with E-state index in [4.69, 9.17) is 14.2 Å². The predicted molar refractivity (Wildman–Crippen MR) is 146 cm³/mol. The summed E-state index contributed by atoms with van der Waals surface area (Å²) >= 11 is 0. The zero-order valence-electron chi connectivity index (χ0n) is 21.9. The molecule has 0 N–H and O–H groups in total. The average molecular weight is 467 g/mol. The molecule has 0 radical (unpaired) electrons. The van der Waals surface area contributed by atoms with Gasteiger partial charge in [0.2, 0.25) is 0 Å². The lowest BCUT2D eigenvalue weighted by Crippen LogP contribution is -2.22. The summed E-state index contributed by atoms with van der Waals surface area (Å²) in [6.45, 7) is 33.2. The summed E-state index contributed by atoms with van der Waals surface area (Å²) in [7, 11) is 1.52. The minimum absolute atomic E-state index is 0.167. The van der Waals surface area contributed by atoms with E-state index in [1.165, 1.54) is 19.3 Å². The Morgan fingerprint density at radius 1 is 0.735 bits per heavy atom. The molecule has 0 aliphatic rings. The Labute approximate surface area is 207 Å². The maximum absolute atomic E-state index is 11.9. The molecule has 0 aliphatic carbocycles. The lowest BCUT2D eigenvalue weighted by molar-refractivity contribution is -0.133. The number of allylic oxidation sites excluding steroid dienone is 10. The smallest absolute Gasteiger partial charge is 0.336 e. The molecule has 186 valence electrons. The molecule has 0 amide bonds. The molecule has 0 saturated heterocycles. The molecule has 0 aromatic rings. The van der Waals surface area contributed by atoms with Crippen LogP contribution < -0.4 is 0 Å². The Kier molecular flexibility index (Phi) is 17.2. The number of methoxy groups -OCH3 is 1. The summed E-state index contributed by atoms with van der Waals surface area (Å²) in [5.74, 6) is 0.622. The first-order valence-corrected chi connectivity index (χ1v) is 11.2. The fraction of sp³-hybridized carbons (Fsp3) is 0.300. The van der Waals surface area contributed by atoms with Crippen LogP contribution in [0.5, 0.6) is 0 Å². The van der Waals surface area contributed by atoms with E-state index in [1.807, 2.05) is 27.7 Å². The van der Waals surface area contributed by atoms with Crippen molar-refractivity contribution in [3.63, 3.8) is 0 Å². The van der Waals surface area contributed by atoms with Crippen LogP contribution in [0.4, 0.5) is 0 Å². The number of hydrogen-bond acceptors (Lipinski definition) is 4. The Morgan fingerprint density at radius 2 is 1.21 bits per heavy atom. The van der Waals surface area contributed by atoms with Gasteiger partial charge in [-0.2, -0.15) is 0 Å². The highest BCUT2D eigenvalue weighted by Gasteiger charge is 2.17. The Morgan fingerprint density at radius 3 is 1.71 bits per heavy atom. The van der Waals surface area contributed by atoms with E-state index in [0.29, 0.717) is 28.2 Å². The third kappa shape index (κ3) is 17.1. The van der Waals surface area contributed by atoms with Crippen LogP contribution in [-0.2, 0) is 19.0 Å². The van der Waals surface area contributed by atoms with E-state index in [9.17, 15) is 4.79 Å². The molecular weight excluding hydrogens is 424 g/mol. The highest BCUT2D eigenvalue weighted by molar-refractivity contribution is 5.83. The van der Waals surface area contributed by atoms with Gasteiger partial charge < -0.3 is 14.2 Å². The Bertz CT molecular complexity index is 873. The molecule has 0 aromatic heterocycles. The second-order valence-electron chi connectivity index (χ2n) is 7.59. The van der Waals surface area contributed by atoms with Crippen LogP contribution in [0.25, 0.3) is 0 Å². The van der Waals surface area contributed by atoms with Gasteiger partial charge in [-0.1, -0.05) is 84.9 Å². The van der Waals surface area contributed by atoms with Crippen LogP contribution in [-0.4, -0.2) is 18.7 Å². The van der Waals surface area contributed by atoms with Gasteiger partial charge in [-0.3, -0.25) is 0 Å². The standard InChI is InChI=1S/C28H36O4.C2H6/c1-11-20-28(8,9)32-26(7)18-15-23(4)22(3)14-17-25(6)31-27(29)19-13-21(2)12-16-24(5)30-10;1-2/h12-19H,2-7,11,20H2,1,8-10H3;1-2H3/b16-12-,17-14-,18-15-,19-13+;. The highest BCUT2D eigenvalue weighted by Crippen LogP contribution is 2.21. The summed E-state index contributed by atoms with van der Waals surface area (Å²) in [5, 5.41) is 0. The molecule has 0 aliphatic heterocycles. The lowest BCUT2D eigenvalue weighted by Gasteiger charge is -2.26. The zero-order chi connectivity index (χ0) is 26.7. The average Bonchev–Trinajstić information content (AvgIpc) is 2.78. The maximum Gasteiger partial charge on any atom is 0.336 e. The molecule has 0 spiro atoms. The molecule has 0 rings (SSSR count). The summed E-state index contributed by atoms with van der Waals surface area (Å²) in [6, 6.07) is 0. The van der Waals surface area contributed by atoms with Crippen LogP contribution in [0.2, 0.25) is 0 Å². The van der Waals surface area contributed by atoms with Crippen LogP contribution in [0.3, 0.4) is 0 Å². The second-order valence-corrected chi connectivity index (χ2v) is 7.59.